The number of piperidine rings is 1. The third-order valence-electron chi connectivity index (χ3n) is 6.24. The predicted octanol–water partition coefficient (Wildman–Crippen LogP) is 4.47. The van der Waals surface area contributed by atoms with Crippen molar-refractivity contribution in [3.8, 4) is 5.75 Å². The molecule has 0 radical (unpaired) electrons. The smallest absolute Gasteiger partial charge is 0.243 e. The van der Waals surface area contributed by atoms with Gasteiger partial charge in [0.05, 0.1) is 18.0 Å². The van der Waals surface area contributed by atoms with E-state index in [1.807, 2.05) is 6.92 Å². The van der Waals surface area contributed by atoms with E-state index in [0.29, 0.717) is 35.8 Å². The number of rotatable bonds is 8. The average Bonchev–Trinajstić information content (AvgIpc) is 3.64. The second-order valence-electron chi connectivity index (χ2n) is 8.48. The first-order valence-electron chi connectivity index (χ1n) is 11.3. The van der Waals surface area contributed by atoms with Crippen molar-refractivity contribution < 1.29 is 22.3 Å². The van der Waals surface area contributed by atoms with Gasteiger partial charge in [-0.3, -0.25) is 4.79 Å². The molecule has 1 saturated carbocycles. The molecule has 2 aromatic rings. The van der Waals surface area contributed by atoms with Crippen molar-refractivity contribution in [2.45, 2.75) is 50.1 Å². The van der Waals surface area contributed by atoms with Crippen LogP contribution in [0.1, 0.15) is 38.2 Å². The summed E-state index contributed by atoms with van der Waals surface area (Å²) in [6.45, 7) is 3.05. The zero-order valence-electron chi connectivity index (χ0n) is 18.5. The van der Waals surface area contributed by atoms with Crippen molar-refractivity contribution in [3.05, 3.63) is 58.9 Å². The van der Waals surface area contributed by atoms with Crippen LogP contribution < -0.4 is 4.74 Å². The summed E-state index contributed by atoms with van der Waals surface area (Å²) < 4.78 is 47.2. The first kappa shape index (κ1) is 24.0. The number of nitrogens with zero attached hydrogens (tertiary/aromatic N) is 2. The molecule has 0 unspecified atom stereocenters. The average molecular weight is 495 g/mol. The van der Waals surface area contributed by atoms with Crippen molar-refractivity contribution in [1.82, 2.24) is 9.21 Å². The molecule has 1 aliphatic heterocycles. The number of benzene rings is 2. The minimum absolute atomic E-state index is 0.0464. The fraction of sp³-hybridized carbons (Fsp3) is 0.458. The fourth-order valence-electron chi connectivity index (χ4n) is 4.23. The van der Waals surface area contributed by atoms with E-state index in [-0.39, 0.29) is 42.4 Å². The number of amides is 1. The molecule has 1 amide bonds. The Morgan fingerprint density at radius 2 is 1.79 bits per heavy atom. The summed E-state index contributed by atoms with van der Waals surface area (Å²) in [6.07, 6.45) is 2.65. The van der Waals surface area contributed by atoms with Crippen LogP contribution in [0, 0.1) is 11.7 Å². The van der Waals surface area contributed by atoms with E-state index in [4.69, 9.17) is 16.3 Å². The lowest BCUT2D eigenvalue weighted by molar-refractivity contribution is -0.138. The number of ether oxygens (including phenoxy) is 1. The molecule has 9 heteroatoms. The minimum Gasteiger partial charge on any atom is -0.494 e. The molecule has 6 nitrogen and oxygen atoms in total. The summed E-state index contributed by atoms with van der Waals surface area (Å²) in [7, 11) is -3.64. The second-order valence-corrected chi connectivity index (χ2v) is 10.8. The Labute approximate surface area is 199 Å². The molecule has 0 spiro atoms. The molecular weight excluding hydrogens is 467 g/mol. The SMILES string of the molecule is CCOc1ccc(S(=O)(=O)N2CCC(C(=O)N(Cc3c(F)cccc3Cl)C3CC3)CC2)cc1. The van der Waals surface area contributed by atoms with E-state index in [9.17, 15) is 17.6 Å². The Hall–Kier alpha value is -2.16. The molecule has 33 heavy (non-hydrogen) atoms. The van der Waals surface area contributed by atoms with Crippen LogP contribution >= 0.6 is 11.6 Å². The van der Waals surface area contributed by atoms with Gasteiger partial charge in [-0.05, 0) is 69.0 Å². The maximum atomic E-state index is 14.3. The van der Waals surface area contributed by atoms with E-state index >= 15 is 0 Å². The van der Waals surface area contributed by atoms with Gasteiger partial charge in [0.2, 0.25) is 15.9 Å². The highest BCUT2D eigenvalue weighted by Crippen LogP contribution is 2.34. The van der Waals surface area contributed by atoms with Crippen LogP contribution in [0.25, 0.3) is 0 Å². The maximum absolute atomic E-state index is 14.3. The quantitative estimate of drug-likeness (QED) is 0.543. The monoisotopic (exact) mass is 494 g/mol. The van der Waals surface area contributed by atoms with E-state index in [2.05, 4.69) is 0 Å². The summed E-state index contributed by atoms with van der Waals surface area (Å²) >= 11 is 6.18. The van der Waals surface area contributed by atoms with Crippen LogP contribution in [0.15, 0.2) is 47.4 Å². The summed E-state index contributed by atoms with van der Waals surface area (Å²) in [5, 5.41) is 0.310. The lowest BCUT2D eigenvalue weighted by Crippen LogP contribution is -2.45. The normalized spacial score (nSPS) is 17.7. The van der Waals surface area contributed by atoms with Crippen LogP contribution in [-0.4, -0.2) is 49.3 Å². The summed E-state index contributed by atoms with van der Waals surface area (Å²) in [4.78, 5) is 15.3. The van der Waals surface area contributed by atoms with Crippen LogP contribution in [-0.2, 0) is 21.4 Å². The Balaban J connectivity index is 1.41. The molecule has 178 valence electrons. The van der Waals surface area contributed by atoms with Crippen LogP contribution in [0.2, 0.25) is 5.02 Å². The minimum atomic E-state index is -3.64. The lowest BCUT2D eigenvalue weighted by Gasteiger charge is -2.34. The molecule has 1 aliphatic carbocycles. The van der Waals surface area contributed by atoms with Gasteiger partial charge in [0.15, 0.2) is 0 Å². The van der Waals surface area contributed by atoms with Crippen molar-refractivity contribution >= 4 is 27.5 Å². The highest BCUT2D eigenvalue weighted by molar-refractivity contribution is 7.89. The topological polar surface area (TPSA) is 66.9 Å². The van der Waals surface area contributed by atoms with E-state index in [1.54, 1.807) is 41.3 Å². The number of hydrogen-bond donors (Lipinski definition) is 0. The maximum Gasteiger partial charge on any atom is 0.243 e. The number of carbonyl (C=O) groups is 1. The van der Waals surface area contributed by atoms with Gasteiger partial charge in [-0.1, -0.05) is 17.7 Å². The zero-order valence-corrected chi connectivity index (χ0v) is 20.1. The van der Waals surface area contributed by atoms with Crippen molar-refractivity contribution in [2.24, 2.45) is 5.92 Å². The van der Waals surface area contributed by atoms with Crippen molar-refractivity contribution in [2.75, 3.05) is 19.7 Å². The predicted molar refractivity (Wildman–Crippen MR) is 124 cm³/mol. The highest BCUT2D eigenvalue weighted by atomic mass is 35.5. The van der Waals surface area contributed by atoms with Crippen LogP contribution in [0.3, 0.4) is 0 Å². The van der Waals surface area contributed by atoms with Gasteiger partial charge < -0.3 is 9.64 Å². The summed E-state index contributed by atoms with van der Waals surface area (Å²) in [5.74, 6) is -0.133. The Morgan fingerprint density at radius 3 is 2.36 bits per heavy atom. The van der Waals surface area contributed by atoms with Gasteiger partial charge in [-0.2, -0.15) is 4.31 Å². The lowest BCUT2D eigenvalue weighted by atomic mass is 9.96. The summed E-state index contributed by atoms with van der Waals surface area (Å²) in [6, 6.07) is 11.0. The fourth-order valence-corrected chi connectivity index (χ4v) is 5.92. The standard InChI is InChI=1S/C24H28ClFN2O4S/c1-2-32-19-8-10-20(11-9-19)33(30,31)27-14-12-17(13-15-27)24(29)28(18-6-7-18)16-21-22(25)4-3-5-23(21)26/h3-5,8-11,17-18H,2,6-7,12-16H2,1H3. The Bertz CT molecular complexity index is 1080. The zero-order chi connectivity index (χ0) is 23.6. The number of sulfonamides is 1. The first-order chi connectivity index (χ1) is 15.8. The molecule has 2 aromatic carbocycles. The van der Waals surface area contributed by atoms with Crippen molar-refractivity contribution in [1.29, 1.82) is 0 Å². The van der Waals surface area contributed by atoms with Gasteiger partial charge in [-0.15, -0.1) is 0 Å². The second kappa shape index (κ2) is 9.99. The van der Waals surface area contributed by atoms with Gasteiger partial charge in [0.1, 0.15) is 11.6 Å². The highest BCUT2D eigenvalue weighted by Gasteiger charge is 2.39. The molecule has 0 bridgehead atoms. The van der Waals surface area contributed by atoms with Gasteiger partial charge >= 0.3 is 0 Å². The van der Waals surface area contributed by atoms with Gasteiger partial charge in [-0.25, -0.2) is 12.8 Å². The molecule has 0 aromatic heterocycles. The first-order valence-corrected chi connectivity index (χ1v) is 13.1. The van der Waals surface area contributed by atoms with Gasteiger partial charge in [0.25, 0.3) is 0 Å². The molecule has 4 rings (SSSR count). The number of halogens is 2. The number of carbonyl (C=O) groups excluding carboxylic acids is 1. The molecular formula is C24H28ClFN2O4S. The molecule has 0 atom stereocenters. The largest absolute Gasteiger partial charge is 0.494 e. The summed E-state index contributed by atoms with van der Waals surface area (Å²) in [5.41, 5.74) is 0.329. The third-order valence-corrected chi connectivity index (χ3v) is 8.50. The van der Waals surface area contributed by atoms with E-state index in [0.717, 1.165) is 12.8 Å². The third kappa shape index (κ3) is 5.34. The number of hydrogen-bond acceptors (Lipinski definition) is 4. The molecule has 1 heterocycles. The van der Waals surface area contributed by atoms with Crippen LogP contribution in [0.4, 0.5) is 4.39 Å². The van der Waals surface area contributed by atoms with Crippen LogP contribution in [0.5, 0.6) is 5.75 Å². The Kier molecular flexibility index (Phi) is 7.26. The molecule has 2 aliphatic rings. The Morgan fingerprint density at radius 1 is 1.12 bits per heavy atom. The van der Waals surface area contributed by atoms with Crippen molar-refractivity contribution in [3.63, 3.8) is 0 Å². The molecule has 1 saturated heterocycles. The van der Waals surface area contributed by atoms with Gasteiger partial charge in [0, 0.05) is 35.6 Å². The molecule has 2 fully saturated rings. The van der Waals surface area contributed by atoms with E-state index in [1.165, 1.54) is 10.4 Å². The molecule has 0 N–H and O–H groups in total. The van der Waals surface area contributed by atoms with E-state index < -0.39 is 15.8 Å².